The van der Waals surface area contributed by atoms with Gasteiger partial charge in [-0.3, -0.25) is 14.8 Å². The number of aromatic nitrogens is 4. The molecule has 0 saturated carbocycles. The summed E-state index contributed by atoms with van der Waals surface area (Å²) in [6.07, 6.45) is 1.64. The molecule has 3 rings (SSSR count). The first-order chi connectivity index (χ1) is 13.8. The summed E-state index contributed by atoms with van der Waals surface area (Å²) in [5.41, 5.74) is 5.02. The van der Waals surface area contributed by atoms with Crippen molar-refractivity contribution in [1.29, 1.82) is 0 Å². The normalized spacial score (nSPS) is 12.0. The molecule has 0 amide bonds. The topological polar surface area (TPSA) is 98.8 Å². The van der Waals surface area contributed by atoms with Crippen LogP contribution in [0.4, 0.5) is 11.5 Å². The number of nitro groups is 1. The molecule has 0 aliphatic heterocycles. The Morgan fingerprint density at radius 3 is 2.38 bits per heavy atom. The molecule has 1 aromatic carbocycles. The van der Waals surface area contributed by atoms with Crippen LogP contribution >= 0.6 is 0 Å². The maximum Gasteiger partial charge on any atom is 0.269 e. The van der Waals surface area contributed by atoms with E-state index in [0.717, 1.165) is 41.3 Å². The van der Waals surface area contributed by atoms with E-state index in [1.165, 1.54) is 17.7 Å². The monoisotopic (exact) mass is 394 g/mol. The van der Waals surface area contributed by atoms with Gasteiger partial charge in [-0.05, 0) is 38.8 Å². The molecule has 0 spiro atoms. The molecule has 1 N–H and O–H groups in total. The minimum atomic E-state index is -0.412. The number of aryl methyl sites for hydroxylation is 3. The average molecular weight is 394 g/mol. The van der Waals surface area contributed by atoms with E-state index in [4.69, 9.17) is 0 Å². The molecule has 2 heterocycles. The largest absolute Gasteiger partial charge is 0.363 e. The third kappa shape index (κ3) is 4.26. The van der Waals surface area contributed by atoms with Crippen LogP contribution in [0.2, 0.25) is 0 Å². The molecule has 0 bridgehead atoms. The molecular weight excluding hydrogens is 368 g/mol. The first-order valence-corrected chi connectivity index (χ1v) is 9.73. The van der Waals surface area contributed by atoms with Crippen LogP contribution in [0.3, 0.4) is 0 Å². The summed E-state index contributed by atoms with van der Waals surface area (Å²) in [5, 5.41) is 19.0. The molecule has 0 aliphatic rings. The van der Waals surface area contributed by atoms with E-state index in [1.54, 1.807) is 12.1 Å². The van der Waals surface area contributed by atoms with E-state index in [0.29, 0.717) is 5.82 Å². The number of nitrogens with zero attached hydrogens (tertiary/aromatic N) is 5. The lowest BCUT2D eigenvalue weighted by Gasteiger charge is -2.19. The number of nitro benzene ring substituents is 1. The molecular formula is C21H26N6O2. The van der Waals surface area contributed by atoms with E-state index < -0.39 is 4.92 Å². The predicted molar refractivity (Wildman–Crippen MR) is 113 cm³/mol. The summed E-state index contributed by atoms with van der Waals surface area (Å²) in [6, 6.07) is 8.35. The van der Waals surface area contributed by atoms with Gasteiger partial charge < -0.3 is 5.32 Å². The highest BCUT2D eigenvalue weighted by molar-refractivity contribution is 5.60. The Kier molecular flexibility index (Phi) is 5.91. The minimum Gasteiger partial charge on any atom is -0.363 e. The fraction of sp³-hybridized carbons (Fsp3) is 0.381. The fourth-order valence-corrected chi connectivity index (χ4v) is 3.47. The zero-order chi connectivity index (χ0) is 21.1. The van der Waals surface area contributed by atoms with Gasteiger partial charge in [0.15, 0.2) is 5.82 Å². The van der Waals surface area contributed by atoms with Crippen molar-refractivity contribution in [1.82, 2.24) is 19.7 Å². The Balaban J connectivity index is 1.97. The van der Waals surface area contributed by atoms with Gasteiger partial charge in [0.2, 0.25) is 0 Å². The maximum atomic E-state index is 10.9. The van der Waals surface area contributed by atoms with Crippen LogP contribution < -0.4 is 5.32 Å². The van der Waals surface area contributed by atoms with Crippen LogP contribution in [0.1, 0.15) is 49.0 Å². The summed E-state index contributed by atoms with van der Waals surface area (Å²) in [4.78, 5) is 19.8. The van der Waals surface area contributed by atoms with Crippen molar-refractivity contribution >= 4 is 11.5 Å². The summed E-state index contributed by atoms with van der Waals surface area (Å²) >= 11 is 0. The van der Waals surface area contributed by atoms with Crippen molar-refractivity contribution in [2.75, 3.05) is 5.32 Å². The molecule has 3 aromatic rings. The third-order valence-electron chi connectivity index (χ3n) is 5.12. The lowest BCUT2D eigenvalue weighted by Crippen LogP contribution is -2.14. The highest BCUT2D eigenvalue weighted by atomic mass is 16.6. The van der Waals surface area contributed by atoms with Gasteiger partial charge in [-0.1, -0.05) is 13.8 Å². The minimum absolute atomic E-state index is 0.0484. The van der Waals surface area contributed by atoms with E-state index >= 15 is 0 Å². The van der Waals surface area contributed by atoms with Gasteiger partial charge in [-0.25, -0.2) is 9.97 Å². The predicted octanol–water partition coefficient (Wildman–Crippen LogP) is 4.53. The Labute approximate surface area is 170 Å². The van der Waals surface area contributed by atoms with Crippen LogP contribution in [0.5, 0.6) is 0 Å². The highest BCUT2D eigenvalue weighted by Crippen LogP contribution is 2.28. The van der Waals surface area contributed by atoms with Crippen molar-refractivity contribution in [2.45, 2.75) is 46.6 Å². The number of anilines is 1. The Morgan fingerprint density at radius 1 is 1.17 bits per heavy atom. The van der Waals surface area contributed by atoms with Crippen molar-refractivity contribution in [3.05, 3.63) is 63.1 Å². The van der Waals surface area contributed by atoms with Crippen LogP contribution in [-0.4, -0.2) is 24.7 Å². The molecule has 0 aliphatic carbocycles. The fourth-order valence-electron chi connectivity index (χ4n) is 3.47. The molecule has 2 aromatic heterocycles. The summed E-state index contributed by atoms with van der Waals surface area (Å²) in [7, 11) is 1.95. The molecule has 0 fully saturated rings. The third-order valence-corrected chi connectivity index (χ3v) is 5.12. The molecule has 152 valence electrons. The molecule has 8 nitrogen and oxygen atoms in total. The van der Waals surface area contributed by atoms with Crippen LogP contribution in [-0.2, 0) is 13.5 Å². The highest BCUT2D eigenvalue weighted by Gasteiger charge is 2.20. The number of benzene rings is 1. The molecule has 1 atom stereocenters. The van der Waals surface area contributed by atoms with Gasteiger partial charge in [0.05, 0.1) is 16.7 Å². The van der Waals surface area contributed by atoms with Gasteiger partial charge in [-0.15, -0.1) is 0 Å². The second-order valence-corrected chi connectivity index (χ2v) is 7.04. The molecule has 0 saturated heterocycles. The van der Waals surface area contributed by atoms with Gasteiger partial charge in [0.25, 0.3) is 5.69 Å². The van der Waals surface area contributed by atoms with E-state index in [-0.39, 0.29) is 11.7 Å². The molecule has 1 unspecified atom stereocenters. The smallest absolute Gasteiger partial charge is 0.269 e. The van der Waals surface area contributed by atoms with Crippen molar-refractivity contribution in [3.63, 3.8) is 0 Å². The van der Waals surface area contributed by atoms with Gasteiger partial charge in [-0.2, -0.15) is 5.10 Å². The van der Waals surface area contributed by atoms with Gasteiger partial charge in [0, 0.05) is 47.8 Å². The van der Waals surface area contributed by atoms with Gasteiger partial charge >= 0.3 is 0 Å². The average Bonchev–Trinajstić information content (AvgIpc) is 2.97. The number of non-ortho nitro benzene ring substituents is 1. The summed E-state index contributed by atoms with van der Waals surface area (Å²) < 4.78 is 1.90. The number of hydrogen-bond acceptors (Lipinski definition) is 6. The zero-order valence-corrected chi connectivity index (χ0v) is 17.4. The number of hydrogen-bond donors (Lipinski definition) is 1. The summed E-state index contributed by atoms with van der Waals surface area (Å²) in [5.74, 6) is 1.29. The quantitative estimate of drug-likeness (QED) is 0.467. The lowest BCUT2D eigenvalue weighted by molar-refractivity contribution is -0.384. The van der Waals surface area contributed by atoms with Crippen LogP contribution in [0.15, 0.2) is 30.3 Å². The number of rotatable bonds is 7. The maximum absolute atomic E-state index is 10.9. The van der Waals surface area contributed by atoms with Crippen molar-refractivity contribution < 1.29 is 4.92 Å². The Bertz CT molecular complexity index is 1030. The van der Waals surface area contributed by atoms with Crippen molar-refractivity contribution in [2.24, 2.45) is 7.05 Å². The summed E-state index contributed by atoms with van der Waals surface area (Å²) in [6.45, 7) is 8.26. The van der Waals surface area contributed by atoms with Crippen molar-refractivity contribution in [3.8, 4) is 11.4 Å². The zero-order valence-electron chi connectivity index (χ0n) is 17.4. The second-order valence-electron chi connectivity index (χ2n) is 7.04. The van der Waals surface area contributed by atoms with E-state index in [1.807, 2.05) is 31.6 Å². The standard InChI is InChI=1S/C21H26N6O2/c1-6-16-12-19(23-18(7-2)20-13(3)25-26(5)14(20)4)24-21(22-16)15-8-10-17(11-9-15)27(28)29/h8-12,18H,6-7H2,1-5H3,(H,22,23,24). The van der Waals surface area contributed by atoms with E-state index in [2.05, 4.69) is 34.2 Å². The van der Waals surface area contributed by atoms with E-state index in [9.17, 15) is 10.1 Å². The van der Waals surface area contributed by atoms with Gasteiger partial charge in [0.1, 0.15) is 5.82 Å². The Hall–Kier alpha value is -3.29. The first kappa shape index (κ1) is 20.4. The molecule has 29 heavy (non-hydrogen) atoms. The van der Waals surface area contributed by atoms with Crippen LogP contribution in [0, 0.1) is 24.0 Å². The SMILES string of the molecule is CCc1cc(NC(CC)c2c(C)nn(C)c2C)nc(-c2ccc([N+](=O)[O-])cc2)n1. The van der Waals surface area contributed by atoms with Crippen LogP contribution in [0.25, 0.3) is 11.4 Å². The lowest BCUT2D eigenvalue weighted by atomic mass is 10.0. The first-order valence-electron chi connectivity index (χ1n) is 9.73. The molecule has 0 radical (unpaired) electrons. The number of nitrogens with one attached hydrogen (secondary N) is 1. The molecule has 8 heteroatoms. The Morgan fingerprint density at radius 2 is 1.86 bits per heavy atom. The second kappa shape index (κ2) is 8.38.